The lowest BCUT2D eigenvalue weighted by Crippen LogP contribution is -3.16. The molecule has 0 aromatic carbocycles. The number of quaternary nitrogens is 1. The summed E-state index contributed by atoms with van der Waals surface area (Å²) in [4.78, 5) is 1.48. The zero-order valence-corrected chi connectivity index (χ0v) is 19.4. The Hall–Kier alpha value is 0.347. The van der Waals surface area contributed by atoms with E-state index in [1.54, 1.807) is 21.3 Å². The van der Waals surface area contributed by atoms with Crippen molar-refractivity contribution in [3.63, 3.8) is 0 Å². The maximum Gasteiger partial charge on any atom is 0.561 e. The van der Waals surface area contributed by atoms with Crippen molar-refractivity contribution in [1.82, 2.24) is 0 Å². The van der Waals surface area contributed by atoms with Gasteiger partial charge in [0.05, 0.1) is 13.6 Å². The molecule has 0 aromatic rings. The average Bonchev–Trinajstić information content (AvgIpc) is 2.61. The van der Waals surface area contributed by atoms with E-state index in [9.17, 15) is 0 Å². The van der Waals surface area contributed by atoms with E-state index < -0.39 is 8.80 Å². The van der Waals surface area contributed by atoms with Crippen LogP contribution in [0.5, 0.6) is 0 Å². The lowest BCUT2D eigenvalue weighted by atomic mass is 10.1. The molecule has 25 heavy (non-hydrogen) atoms. The lowest BCUT2D eigenvalue weighted by Gasteiger charge is -2.34. The molecule has 2 unspecified atom stereocenters. The highest BCUT2D eigenvalue weighted by molar-refractivity contribution is 6.61. The monoisotopic (exact) mass is 397 g/mol. The van der Waals surface area contributed by atoms with Crippen LogP contribution < -0.4 is 17.3 Å². The van der Waals surface area contributed by atoms with Gasteiger partial charge in [0.2, 0.25) is 0 Å². The first-order chi connectivity index (χ1) is 11.6. The van der Waals surface area contributed by atoms with Crippen molar-refractivity contribution >= 4 is 8.80 Å². The Morgan fingerprint density at radius 1 is 0.720 bits per heavy atom. The second-order valence-corrected chi connectivity index (χ2v) is 10.1. The van der Waals surface area contributed by atoms with Crippen LogP contribution in [0.25, 0.3) is 0 Å². The van der Waals surface area contributed by atoms with E-state index in [4.69, 9.17) is 13.3 Å². The lowest BCUT2D eigenvalue weighted by molar-refractivity contribution is -0.897. The predicted octanol–water partition coefficient (Wildman–Crippen LogP) is 0.622. The molecule has 0 saturated heterocycles. The molecule has 0 aliphatic heterocycles. The zero-order valence-electron chi connectivity index (χ0n) is 17.7. The van der Waals surface area contributed by atoms with Crippen molar-refractivity contribution in [2.24, 2.45) is 0 Å². The highest BCUT2D eigenvalue weighted by Crippen LogP contribution is 2.13. The van der Waals surface area contributed by atoms with E-state index in [2.05, 4.69) is 20.9 Å². The van der Waals surface area contributed by atoms with Crippen LogP contribution in [0.15, 0.2) is 0 Å². The second kappa shape index (κ2) is 17.7. The van der Waals surface area contributed by atoms with Gasteiger partial charge in [-0.1, -0.05) is 65.2 Å². The van der Waals surface area contributed by atoms with Gasteiger partial charge in [-0.25, -0.2) is 0 Å². The molecule has 0 aliphatic carbocycles. The van der Waals surface area contributed by atoms with E-state index in [1.807, 2.05) is 0 Å². The van der Waals surface area contributed by atoms with Gasteiger partial charge in [-0.15, -0.1) is 0 Å². The van der Waals surface area contributed by atoms with Crippen LogP contribution in [0, 0.1) is 0 Å². The summed E-state index contributed by atoms with van der Waals surface area (Å²) in [5, 5.41) is 0. The molecule has 2 atom stereocenters. The quantitative estimate of drug-likeness (QED) is 0.288. The van der Waals surface area contributed by atoms with Gasteiger partial charge in [0, 0.05) is 27.8 Å². The maximum absolute atomic E-state index is 5.68. The molecule has 0 rings (SSSR count). The first-order valence-corrected chi connectivity index (χ1v) is 11.9. The number of rotatable bonds is 17. The summed E-state index contributed by atoms with van der Waals surface area (Å²) in [6, 6.07) is 0. The molecule has 0 saturated carbocycles. The van der Waals surface area contributed by atoms with Crippen LogP contribution in [0.4, 0.5) is 0 Å². The first kappa shape index (κ1) is 27.6. The van der Waals surface area contributed by atoms with Gasteiger partial charge in [0.15, 0.2) is 5.67 Å². The molecule has 4 nitrogen and oxygen atoms in total. The molecule has 0 bridgehead atoms. The standard InChI is InChI=1S/C19H43NO3Si.ClH/c1-7-9-10-11-12-13-14-15-16-17-18-20(3)19(8-2)24(21-4,22-5)23-6;/h19H,7-18H2,1-6H3;1H. The van der Waals surface area contributed by atoms with Crippen LogP contribution in [0.1, 0.15) is 84.5 Å². The molecular weight excluding hydrogens is 354 g/mol. The van der Waals surface area contributed by atoms with E-state index >= 15 is 0 Å². The molecule has 154 valence electrons. The van der Waals surface area contributed by atoms with Gasteiger partial charge >= 0.3 is 8.80 Å². The van der Waals surface area contributed by atoms with E-state index in [-0.39, 0.29) is 12.4 Å². The average molecular weight is 398 g/mol. The first-order valence-electron chi connectivity index (χ1n) is 10.1. The fourth-order valence-electron chi connectivity index (χ4n) is 3.64. The van der Waals surface area contributed by atoms with Crippen molar-refractivity contribution in [3.8, 4) is 0 Å². The molecule has 0 amide bonds. The minimum atomic E-state index is -2.54. The highest BCUT2D eigenvalue weighted by Gasteiger charge is 2.51. The molecule has 0 aromatic heterocycles. The van der Waals surface area contributed by atoms with Gasteiger partial charge in [0.25, 0.3) is 0 Å². The third-order valence-electron chi connectivity index (χ3n) is 5.21. The Bertz CT molecular complexity index is 273. The topological polar surface area (TPSA) is 32.1 Å². The number of halogens is 1. The van der Waals surface area contributed by atoms with Gasteiger partial charge in [-0.05, 0) is 12.8 Å². The molecule has 0 spiro atoms. The molecule has 0 radical (unpaired) electrons. The summed E-state index contributed by atoms with van der Waals surface area (Å²) in [6.07, 6.45) is 14.8. The zero-order chi connectivity index (χ0) is 18.3. The summed E-state index contributed by atoms with van der Waals surface area (Å²) in [5.41, 5.74) is 0.316. The van der Waals surface area contributed by atoms with Gasteiger partial charge in [-0.2, -0.15) is 0 Å². The Kier molecular flexibility index (Phi) is 19.6. The molecule has 1 N–H and O–H groups in total. The van der Waals surface area contributed by atoms with Crippen molar-refractivity contribution < 1.29 is 30.6 Å². The fourth-order valence-corrected chi connectivity index (χ4v) is 6.24. The van der Waals surface area contributed by atoms with Crippen LogP contribution in [-0.2, 0) is 13.3 Å². The van der Waals surface area contributed by atoms with Crippen LogP contribution in [0.2, 0.25) is 0 Å². The largest absolute Gasteiger partial charge is 1.00 e. The van der Waals surface area contributed by atoms with Crippen LogP contribution in [0.3, 0.4) is 0 Å². The van der Waals surface area contributed by atoms with Crippen molar-refractivity contribution in [2.75, 3.05) is 34.9 Å². The van der Waals surface area contributed by atoms with Gasteiger partial charge < -0.3 is 30.6 Å². The molecule has 0 fully saturated rings. The van der Waals surface area contributed by atoms with E-state index in [0.717, 1.165) is 6.42 Å². The summed E-state index contributed by atoms with van der Waals surface area (Å²) in [7, 11) is 4.86. The summed E-state index contributed by atoms with van der Waals surface area (Å²) >= 11 is 0. The minimum absolute atomic E-state index is 0. The van der Waals surface area contributed by atoms with E-state index in [1.165, 1.54) is 75.7 Å². The van der Waals surface area contributed by atoms with Gasteiger partial charge in [-0.3, -0.25) is 0 Å². The normalized spacial score (nSPS) is 14.2. The highest BCUT2D eigenvalue weighted by atomic mass is 35.5. The fraction of sp³-hybridized carbons (Fsp3) is 1.00. The third-order valence-corrected chi connectivity index (χ3v) is 8.67. The second-order valence-electron chi connectivity index (χ2n) is 6.96. The number of hydrogen-bond donors (Lipinski definition) is 1. The molecule has 0 heterocycles. The number of hydrogen-bond acceptors (Lipinski definition) is 3. The Morgan fingerprint density at radius 2 is 1.12 bits per heavy atom. The Balaban J connectivity index is 0. The number of nitrogens with one attached hydrogen (secondary N) is 1. The van der Waals surface area contributed by atoms with Crippen LogP contribution in [-0.4, -0.2) is 49.4 Å². The van der Waals surface area contributed by atoms with E-state index in [0.29, 0.717) is 5.67 Å². The van der Waals surface area contributed by atoms with Crippen molar-refractivity contribution in [1.29, 1.82) is 0 Å². The van der Waals surface area contributed by atoms with Crippen molar-refractivity contribution in [2.45, 2.75) is 90.1 Å². The SMILES string of the molecule is CCCCCCCCCCCC[NH+](C)C(CC)[Si](OC)(OC)OC.[Cl-]. The summed E-state index contributed by atoms with van der Waals surface area (Å²) in [6.45, 7) is 5.64. The minimum Gasteiger partial charge on any atom is -1.00 e. The molecule has 6 heteroatoms. The Morgan fingerprint density at radius 3 is 1.48 bits per heavy atom. The summed E-state index contributed by atoms with van der Waals surface area (Å²) in [5.74, 6) is 0. The summed E-state index contributed by atoms with van der Waals surface area (Å²) < 4.78 is 17.1. The van der Waals surface area contributed by atoms with Gasteiger partial charge in [0.1, 0.15) is 0 Å². The maximum atomic E-state index is 5.68. The smallest absolute Gasteiger partial charge is 0.561 e. The molecule has 0 aliphatic rings. The molecular formula is C19H44ClNO3Si. The third kappa shape index (κ3) is 10.9. The van der Waals surface area contributed by atoms with Crippen LogP contribution >= 0.6 is 0 Å². The predicted molar refractivity (Wildman–Crippen MR) is 104 cm³/mol. The van der Waals surface area contributed by atoms with Crippen molar-refractivity contribution in [3.05, 3.63) is 0 Å². The Labute approximate surface area is 164 Å². The number of unbranched alkanes of at least 4 members (excludes halogenated alkanes) is 9.